The number of nitrogens with zero attached hydrogens (tertiary/aromatic N) is 1. The molecule has 2 N–H and O–H groups in total. The van der Waals surface area contributed by atoms with E-state index >= 15 is 0 Å². The van der Waals surface area contributed by atoms with Gasteiger partial charge in [0.1, 0.15) is 0 Å². The molecule has 1 aromatic rings. The van der Waals surface area contributed by atoms with E-state index in [0.29, 0.717) is 16.5 Å². The summed E-state index contributed by atoms with van der Waals surface area (Å²) in [6, 6.07) is 1.58. The number of carbonyl (C=O) groups excluding carboxylic acids is 1. The first kappa shape index (κ1) is 15.3. The van der Waals surface area contributed by atoms with E-state index < -0.39 is 5.60 Å². The van der Waals surface area contributed by atoms with Crippen LogP contribution in [0, 0.1) is 5.92 Å². The Morgan fingerprint density at radius 3 is 2.85 bits per heavy atom. The average Bonchev–Trinajstić information content (AvgIpc) is 2.46. The van der Waals surface area contributed by atoms with Crippen LogP contribution in [0.25, 0.3) is 0 Å². The number of aromatic nitrogens is 1. The zero-order chi connectivity index (χ0) is 14.6. The maximum Gasteiger partial charge on any atom is 0.253 e. The highest BCUT2D eigenvalue weighted by Crippen LogP contribution is 2.33. The van der Waals surface area contributed by atoms with Crippen LogP contribution < -0.4 is 5.32 Å². The van der Waals surface area contributed by atoms with Gasteiger partial charge in [0, 0.05) is 18.9 Å². The van der Waals surface area contributed by atoms with Gasteiger partial charge in [-0.25, -0.2) is 0 Å². The van der Waals surface area contributed by atoms with Gasteiger partial charge in [0.25, 0.3) is 5.91 Å². The second-order valence-corrected chi connectivity index (χ2v) is 6.02. The third-order valence-corrected chi connectivity index (χ3v) is 4.51. The Kier molecular flexibility index (Phi) is 5.00. The number of hydrogen-bond donors (Lipinski definition) is 2. The molecule has 0 atom stereocenters. The first-order valence-corrected chi connectivity index (χ1v) is 7.52. The minimum absolute atomic E-state index is 0.261. The number of hydrogen-bond acceptors (Lipinski definition) is 3. The van der Waals surface area contributed by atoms with Gasteiger partial charge < -0.3 is 10.4 Å². The number of amides is 1. The Labute approximate surface area is 124 Å². The third-order valence-electron chi connectivity index (χ3n) is 4.21. The van der Waals surface area contributed by atoms with Crippen LogP contribution in [0.15, 0.2) is 18.5 Å². The van der Waals surface area contributed by atoms with Gasteiger partial charge in [0.05, 0.1) is 16.2 Å². The average molecular weight is 297 g/mol. The lowest BCUT2D eigenvalue weighted by Gasteiger charge is -2.35. The molecule has 0 unspecified atom stereocenters. The number of rotatable bonds is 4. The molecule has 1 fully saturated rings. The molecule has 1 aliphatic rings. The minimum atomic E-state index is -0.777. The largest absolute Gasteiger partial charge is 0.388 e. The molecule has 110 valence electrons. The fraction of sp³-hybridized carbons (Fsp3) is 0.600. The van der Waals surface area contributed by atoms with Crippen molar-refractivity contribution >= 4 is 17.5 Å². The van der Waals surface area contributed by atoms with Crippen LogP contribution in [-0.4, -0.2) is 28.1 Å². The predicted molar refractivity (Wildman–Crippen MR) is 78.8 cm³/mol. The van der Waals surface area contributed by atoms with E-state index in [0.717, 1.165) is 32.1 Å². The summed E-state index contributed by atoms with van der Waals surface area (Å²) >= 11 is 5.93. The lowest BCUT2D eigenvalue weighted by atomic mass is 9.78. The van der Waals surface area contributed by atoms with Gasteiger partial charge >= 0.3 is 0 Å². The predicted octanol–water partition coefficient (Wildman–Crippen LogP) is 2.80. The summed E-state index contributed by atoms with van der Waals surface area (Å²) in [4.78, 5) is 15.9. The summed E-state index contributed by atoms with van der Waals surface area (Å²) in [5.41, 5.74) is -0.381. The number of pyridine rings is 1. The van der Waals surface area contributed by atoms with Crippen LogP contribution in [0.5, 0.6) is 0 Å². The Bertz CT molecular complexity index is 471. The molecule has 0 aliphatic heterocycles. The monoisotopic (exact) mass is 296 g/mol. The van der Waals surface area contributed by atoms with Crippen molar-refractivity contribution in [3.8, 4) is 0 Å². The second kappa shape index (κ2) is 6.55. The molecular weight excluding hydrogens is 276 g/mol. The Balaban J connectivity index is 1.89. The van der Waals surface area contributed by atoms with E-state index in [1.165, 1.54) is 12.4 Å². The molecule has 0 aromatic carbocycles. The van der Waals surface area contributed by atoms with Crippen LogP contribution in [0.1, 0.15) is 49.4 Å². The van der Waals surface area contributed by atoms with Crippen LogP contribution in [0.2, 0.25) is 5.02 Å². The molecule has 20 heavy (non-hydrogen) atoms. The van der Waals surface area contributed by atoms with Crippen molar-refractivity contribution in [2.75, 3.05) is 6.54 Å². The van der Waals surface area contributed by atoms with E-state index in [9.17, 15) is 9.90 Å². The standard InChI is InChI=1S/C15H21ClN2O2/c1-2-11-3-6-15(20,7-4-11)10-18-14(19)12-5-8-17-9-13(12)16/h5,8-9,11,20H,2-4,6-7,10H2,1H3,(H,18,19). The highest BCUT2D eigenvalue weighted by Gasteiger charge is 2.33. The van der Waals surface area contributed by atoms with Gasteiger partial charge in [-0.2, -0.15) is 0 Å². The Morgan fingerprint density at radius 1 is 1.55 bits per heavy atom. The summed E-state index contributed by atoms with van der Waals surface area (Å²) in [7, 11) is 0. The molecule has 4 nitrogen and oxygen atoms in total. The van der Waals surface area contributed by atoms with Gasteiger partial charge in [-0.15, -0.1) is 0 Å². The van der Waals surface area contributed by atoms with Gasteiger partial charge in [0.15, 0.2) is 0 Å². The molecular formula is C15H21ClN2O2. The molecule has 1 saturated carbocycles. The molecule has 0 bridgehead atoms. The molecule has 5 heteroatoms. The van der Waals surface area contributed by atoms with E-state index in [2.05, 4.69) is 17.2 Å². The van der Waals surface area contributed by atoms with Gasteiger partial charge in [-0.3, -0.25) is 9.78 Å². The fourth-order valence-electron chi connectivity index (χ4n) is 2.70. The Morgan fingerprint density at radius 2 is 2.25 bits per heavy atom. The second-order valence-electron chi connectivity index (χ2n) is 5.61. The highest BCUT2D eigenvalue weighted by molar-refractivity contribution is 6.33. The lowest BCUT2D eigenvalue weighted by molar-refractivity contribution is -0.00786. The van der Waals surface area contributed by atoms with Crippen molar-refractivity contribution in [2.24, 2.45) is 5.92 Å². The van der Waals surface area contributed by atoms with Crippen molar-refractivity contribution < 1.29 is 9.90 Å². The summed E-state index contributed by atoms with van der Waals surface area (Å²) < 4.78 is 0. The first-order valence-electron chi connectivity index (χ1n) is 7.14. The molecule has 1 heterocycles. The van der Waals surface area contributed by atoms with Crippen molar-refractivity contribution in [1.82, 2.24) is 10.3 Å². The maximum absolute atomic E-state index is 12.0. The fourth-order valence-corrected chi connectivity index (χ4v) is 2.90. The van der Waals surface area contributed by atoms with Crippen molar-refractivity contribution in [3.63, 3.8) is 0 Å². The summed E-state index contributed by atoms with van der Waals surface area (Å²) in [5, 5.41) is 13.6. The van der Waals surface area contributed by atoms with E-state index in [1.54, 1.807) is 6.07 Å². The zero-order valence-electron chi connectivity index (χ0n) is 11.7. The summed E-state index contributed by atoms with van der Waals surface area (Å²) in [5.74, 6) is 0.448. The molecule has 0 saturated heterocycles. The van der Waals surface area contributed by atoms with Gasteiger partial charge in [0.2, 0.25) is 0 Å². The van der Waals surface area contributed by atoms with Crippen molar-refractivity contribution in [2.45, 2.75) is 44.6 Å². The Hall–Kier alpha value is -1.13. The highest BCUT2D eigenvalue weighted by atomic mass is 35.5. The molecule has 1 amide bonds. The third kappa shape index (κ3) is 3.70. The van der Waals surface area contributed by atoms with E-state index in [4.69, 9.17) is 11.6 Å². The normalized spacial score (nSPS) is 26.2. The SMILES string of the molecule is CCC1CCC(O)(CNC(=O)c2ccncc2Cl)CC1. The first-order chi connectivity index (χ1) is 9.54. The lowest BCUT2D eigenvalue weighted by Crippen LogP contribution is -2.45. The molecule has 0 spiro atoms. The smallest absolute Gasteiger partial charge is 0.253 e. The van der Waals surface area contributed by atoms with Crippen LogP contribution in [0.3, 0.4) is 0 Å². The van der Waals surface area contributed by atoms with Crippen molar-refractivity contribution in [1.29, 1.82) is 0 Å². The molecule has 1 aromatic heterocycles. The number of halogens is 1. The maximum atomic E-state index is 12.0. The number of carbonyl (C=O) groups is 1. The zero-order valence-corrected chi connectivity index (χ0v) is 12.5. The van der Waals surface area contributed by atoms with Crippen LogP contribution in [0.4, 0.5) is 0 Å². The summed E-state index contributed by atoms with van der Waals surface area (Å²) in [6.07, 6.45) is 7.68. The summed E-state index contributed by atoms with van der Waals surface area (Å²) in [6.45, 7) is 2.46. The van der Waals surface area contributed by atoms with Crippen LogP contribution in [-0.2, 0) is 0 Å². The minimum Gasteiger partial charge on any atom is -0.388 e. The van der Waals surface area contributed by atoms with E-state index in [-0.39, 0.29) is 12.5 Å². The molecule has 1 aliphatic carbocycles. The van der Waals surface area contributed by atoms with E-state index in [1.807, 2.05) is 0 Å². The van der Waals surface area contributed by atoms with Gasteiger partial charge in [-0.05, 0) is 37.7 Å². The topological polar surface area (TPSA) is 62.2 Å². The van der Waals surface area contributed by atoms with Crippen LogP contribution >= 0.6 is 11.6 Å². The van der Waals surface area contributed by atoms with Crippen molar-refractivity contribution in [3.05, 3.63) is 29.0 Å². The number of nitrogens with one attached hydrogen (secondary N) is 1. The van der Waals surface area contributed by atoms with Gasteiger partial charge in [-0.1, -0.05) is 24.9 Å². The molecule has 0 radical (unpaired) electrons. The molecule has 2 rings (SSSR count). The quantitative estimate of drug-likeness (QED) is 0.898. The number of aliphatic hydroxyl groups is 1.